The van der Waals surface area contributed by atoms with Gasteiger partial charge in [-0.25, -0.2) is 0 Å². The molecule has 1 aliphatic carbocycles. The number of hydrogen-bond acceptors (Lipinski definition) is 2. The summed E-state index contributed by atoms with van der Waals surface area (Å²) >= 11 is 0. The first-order valence-electron chi connectivity index (χ1n) is 3.52. The lowest BCUT2D eigenvalue weighted by Gasteiger charge is -2.00. The topological polar surface area (TPSA) is 54.7 Å². The van der Waals surface area contributed by atoms with E-state index in [2.05, 4.69) is 10.2 Å². The minimum absolute atomic E-state index is 0.0786. The molecule has 0 bridgehead atoms. The fourth-order valence-electron chi connectivity index (χ4n) is 1.06. The van der Waals surface area contributed by atoms with Crippen LogP contribution in [0.4, 0.5) is 0 Å². The average Bonchev–Trinajstić information content (AvgIpc) is 2.45. The molecular weight excluding hydrogens is 126 g/mol. The van der Waals surface area contributed by atoms with E-state index in [0.717, 1.165) is 24.2 Å². The number of aryl methyl sites for hydroxylation is 1. The van der Waals surface area contributed by atoms with Crippen molar-refractivity contribution in [1.82, 2.24) is 10.2 Å². The SMILES string of the molecule is Cc1cc(C2(N)CC2)n[nH]1. The number of H-pyrrole nitrogens is 1. The van der Waals surface area contributed by atoms with Crippen LogP contribution in [0.15, 0.2) is 6.07 Å². The summed E-state index contributed by atoms with van der Waals surface area (Å²) in [5, 5.41) is 6.98. The zero-order valence-electron chi connectivity index (χ0n) is 6.02. The minimum atomic E-state index is -0.0786. The molecule has 0 saturated heterocycles. The quantitative estimate of drug-likeness (QED) is 0.597. The Morgan fingerprint density at radius 3 is 2.80 bits per heavy atom. The Bertz CT molecular complexity index is 247. The summed E-state index contributed by atoms with van der Waals surface area (Å²) in [6, 6.07) is 2.02. The fourth-order valence-corrected chi connectivity index (χ4v) is 1.06. The van der Waals surface area contributed by atoms with Crippen molar-refractivity contribution in [2.75, 3.05) is 0 Å². The second kappa shape index (κ2) is 1.61. The second-order valence-corrected chi connectivity index (χ2v) is 3.09. The van der Waals surface area contributed by atoms with Gasteiger partial charge in [-0.15, -0.1) is 0 Å². The van der Waals surface area contributed by atoms with Gasteiger partial charge in [0.15, 0.2) is 0 Å². The van der Waals surface area contributed by atoms with Gasteiger partial charge in [-0.05, 0) is 25.8 Å². The molecule has 0 radical (unpaired) electrons. The van der Waals surface area contributed by atoms with E-state index in [-0.39, 0.29) is 5.54 Å². The van der Waals surface area contributed by atoms with E-state index in [9.17, 15) is 0 Å². The smallest absolute Gasteiger partial charge is 0.0823 e. The normalized spacial score (nSPS) is 21.0. The van der Waals surface area contributed by atoms with Crippen LogP contribution in [-0.4, -0.2) is 10.2 Å². The van der Waals surface area contributed by atoms with Crippen molar-refractivity contribution in [3.8, 4) is 0 Å². The molecular formula is C7H11N3. The highest BCUT2D eigenvalue weighted by molar-refractivity contribution is 5.22. The van der Waals surface area contributed by atoms with Gasteiger partial charge < -0.3 is 5.73 Å². The standard InChI is InChI=1S/C7H11N3/c1-5-4-6(10-9-5)7(8)2-3-7/h4H,2-3,8H2,1H3,(H,9,10). The molecule has 2 rings (SSSR count). The van der Waals surface area contributed by atoms with Crippen molar-refractivity contribution >= 4 is 0 Å². The maximum atomic E-state index is 5.90. The van der Waals surface area contributed by atoms with Crippen molar-refractivity contribution in [2.24, 2.45) is 5.73 Å². The maximum Gasteiger partial charge on any atom is 0.0823 e. The van der Waals surface area contributed by atoms with Crippen LogP contribution in [0.2, 0.25) is 0 Å². The van der Waals surface area contributed by atoms with E-state index in [4.69, 9.17) is 5.73 Å². The highest BCUT2D eigenvalue weighted by Crippen LogP contribution is 2.41. The predicted molar refractivity (Wildman–Crippen MR) is 38.4 cm³/mol. The van der Waals surface area contributed by atoms with Crippen LogP contribution in [0, 0.1) is 6.92 Å². The van der Waals surface area contributed by atoms with Crippen molar-refractivity contribution in [3.05, 3.63) is 17.5 Å². The molecule has 1 heterocycles. The van der Waals surface area contributed by atoms with Crippen LogP contribution in [-0.2, 0) is 5.54 Å². The molecule has 1 aliphatic rings. The summed E-state index contributed by atoms with van der Waals surface area (Å²) in [6.07, 6.45) is 2.16. The zero-order valence-corrected chi connectivity index (χ0v) is 6.02. The highest BCUT2D eigenvalue weighted by atomic mass is 15.1. The number of rotatable bonds is 1. The molecule has 0 spiro atoms. The van der Waals surface area contributed by atoms with Gasteiger partial charge in [0.25, 0.3) is 0 Å². The first kappa shape index (κ1) is 5.92. The van der Waals surface area contributed by atoms with Crippen LogP contribution in [0.25, 0.3) is 0 Å². The van der Waals surface area contributed by atoms with Gasteiger partial charge in [-0.3, -0.25) is 5.10 Å². The molecule has 0 amide bonds. The Kier molecular flexibility index (Phi) is 0.951. The summed E-state index contributed by atoms with van der Waals surface area (Å²) < 4.78 is 0. The third-order valence-corrected chi connectivity index (χ3v) is 2.00. The van der Waals surface area contributed by atoms with Gasteiger partial charge >= 0.3 is 0 Å². The van der Waals surface area contributed by atoms with Crippen LogP contribution in [0.5, 0.6) is 0 Å². The number of nitrogens with one attached hydrogen (secondary N) is 1. The Morgan fingerprint density at radius 1 is 1.70 bits per heavy atom. The average molecular weight is 137 g/mol. The van der Waals surface area contributed by atoms with Crippen molar-refractivity contribution in [1.29, 1.82) is 0 Å². The van der Waals surface area contributed by atoms with E-state index in [1.54, 1.807) is 0 Å². The Hall–Kier alpha value is -0.830. The Balaban J connectivity index is 2.34. The molecule has 54 valence electrons. The molecule has 1 aromatic heterocycles. The second-order valence-electron chi connectivity index (χ2n) is 3.09. The molecule has 3 nitrogen and oxygen atoms in total. The van der Waals surface area contributed by atoms with Gasteiger partial charge in [-0.1, -0.05) is 0 Å². The van der Waals surface area contributed by atoms with E-state index >= 15 is 0 Å². The summed E-state index contributed by atoms with van der Waals surface area (Å²) in [5.41, 5.74) is 7.93. The lowest BCUT2D eigenvalue weighted by molar-refractivity contribution is 0.702. The van der Waals surface area contributed by atoms with Crippen molar-refractivity contribution in [3.63, 3.8) is 0 Å². The van der Waals surface area contributed by atoms with Crippen LogP contribution in [0.1, 0.15) is 24.2 Å². The number of nitrogens with two attached hydrogens (primary N) is 1. The van der Waals surface area contributed by atoms with E-state index in [0.29, 0.717) is 0 Å². The lowest BCUT2D eigenvalue weighted by atomic mass is 10.2. The summed E-state index contributed by atoms with van der Waals surface area (Å²) in [6.45, 7) is 1.99. The highest BCUT2D eigenvalue weighted by Gasteiger charge is 2.42. The molecule has 1 fully saturated rings. The van der Waals surface area contributed by atoms with Crippen LogP contribution >= 0.6 is 0 Å². The van der Waals surface area contributed by atoms with Gasteiger partial charge in [-0.2, -0.15) is 5.10 Å². The van der Waals surface area contributed by atoms with E-state index < -0.39 is 0 Å². The molecule has 1 saturated carbocycles. The molecule has 0 unspecified atom stereocenters. The number of aromatic amines is 1. The third-order valence-electron chi connectivity index (χ3n) is 2.00. The molecule has 1 aromatic rings. The Labute approximate surface area is 59.6 Å². The number of hydrogen-bond donors (Lipinski definition) is 2. The molecule has 3 heteroatoms. The van der Waals surface area contributed by atoms with Gasteiger partial charge in [0, 0.05) is 5.69 Å². The maximum absolute atomic E-state index is 5.90. The first-order valence-corrected chi connectivity index (χ1v) is 3.52. The molecule has 0 aromatic carbocycles. The molecule has 0 atom stereocenters. The van der Waals surface area contributed by atoms with E-state index in [1.807, 2.05) is 13.0 Å². The van der Waals surface area contributed by atoms with Crippen LogP contribution in [0.3, 0.4) is 0 Å². The Morgan fingerprint density at radius 2 is 2.40 bits per heavy atom. The first-order chi connectivity index (χ1) is 4.71. The third kappa shape index (κ3) is 0.743. The minimum Gasteiger partial charge on any atom is -0.320 e. The van der Waals surface area contributed by atoms with Gasteiger partial charge in [0.05, 0.1) is 11.2 Å². The van der Waals surface area contributed by atoms with Crippen molar-refractivity contribution < 1.29 is 0 Å². The summed E-state index contributed by atoms with van der Waals surface area (Å²) in [5.74, 6) is 0. The number of nitrogens with zero attached hydrogens (tertiary/aromatic N) is 1. The fraction of sp³-hybridized carbons (Fsp3) is 0.571. The number of aromatic nitrogens is 2. The summed E-state index contributed by atoms with van der Waals surface area (Å²) in [4.78, 5) is 0. The largest absolute Gasteiger partial charge is 0.320 e. The molecule has 3 N–H and O–H groups in total. The summed E-state index contributed by atoms with van der Waals surface area (Å²) in [7, 11) is 0. The molecule has 0 aliphatic heterocycles. The van der Waals surface area contributed by atoms with Gasteiger partial charge in [0.2, 0.25) is 0 Å². The lowest BCUT2D eigenvalue weighted by Crippen LogP contribution is -2.18. The predicted octanol–water partition coefficient (Wildman–Crippen LogP) is 0.666. The van der Waals surface area contributed by atoms with E-state index in [1.165, 1.54) is 0 Å². The monoisotopic (exact) mass is 137 g/mol. The molecule has 10 heavy (non-hydrogen) atoms. The zero-order chi connectivity index (χ0) is 7.19. The van der Waals surface area contributed by atoms with Gasteiger partial charge in [0.1, 0.15) is 0 Å². The van der Waals surface area contributed by atoms with Crippen molar-refractivity contribution in [2.45, 2.75) is 25.3 Å². The van der Waals surface area contributed by atoms with Crippen LogP contribution < -0.4 is 5.73 Å².